The molecule has 1 amide bonds. The van der Waals surface area contributed by atoms with Crippen LogP contribution in [0.1, 0.15) is 129 Å². The molecular formula is C35H57NO5. The maximum atomic E-state index is 12.4. The molecule has 0 aliphatic carbocycles. The summed E-state index contributed by atoms with van der Waals surface area (Å²) in [6.07, 6.45) is 37.9. The van der Waals surface area contributed by atoms with Gasteiger partial charge in [-0.2, -0.15) is 0 Å². The first-order chi connectivity index (χ1) is 20.0. The Kier molecular flexibility index (Phi) is 28.0. The van der Waals surface area contributed by atoms with Gasteiger partial charge >= 0.3 is 11.9 Å². The number of hydrogen-bond acceptors (Lipinski definition) is 4. The molecule has 0 radical (unpaired) electrons. The number of hydrogen-bond donors (Lipinski definition) is 2. The first-order valence-corrected chi connectivity index (χ1v) is 15.9. The Morgan fingerprint density at radius 1 is 0.659 bits per heavy atom. The monoisotopic (exact) mass is 571 g/mol. The second-order valence-corrected chi connectivity index (χ2v) is 10.4. The number of ether oxygens (including phenoxy) is 1. The Bertz CT molecular complexity index is 809. The van der Waals surface area contributed by atoms with Gasteiger partial charge in [0.05, 0.1) is 6.42 Å². The average molecular weight is 572 g/mol. The maximum Gasteiger partial charge on any atom is 0.322 e. The van der Waals surface area contributed by atoms with Crippen LogP contribution in [0.15, 0.2) is 60.8 Å². The largest absolute Gasteiger partial charge is 0.480 e. The summed E-state index contributed by atoms with van der Waals surface area (Å²) >= 11 is 0. The normalized spacial score (nSPS) is 12.8. The Hall–Kier alpha value is -2.89. The molecule has 6 heteroatoms. The SMILES string of the molecule is CC/C=C\C/C=C\C/C=C\C/C=C\C/C=C\CC(=O)OC(CCCCCCC)CCCCCCC(=O)NCC(=O)O. The fourth-order valence-corrected chi connectivity index (χ4v) is 4.18. The van der Waals surface area contributed by atoms with Gasteiger partial charge in [0.15, 0.2) is 0 Å². The third-order valence-corrected chi connectivity index (χ3v) is 6.49. The topological polar surface area (TPSA) is 92.7 Å². The summed E-state index contributed by atoms with van der Waals surface area (Å²) in [6.45, 7) is 4.02. The molecule has 0 aromatic rings. The number of nitrogens with one attached hydrogen (secondary N) is 1. The smallest absolute Gasteiger partial charge is 0.322 e. The molecule has 0 aliphatic rings. The van der Waals surface area contributed by atoms with E-state index in [1.165, 1.54) is 25.7 Å². The summed E-state index contributed by atoms with van der Waals surface area (Å²) in [4.78, 5) is 34.6. The molecule has 0 heterocycles. The van der Waals surface area contributed by atoms with E-state index in [-0.39, 0.29) is 24.5 Å². The number of allylic oxidation sites excluding steroid dienone is 9. The Balaban J connectivity index is 4.21. The van der Waals surface area contributed by atoms with E-state index >= 15 is 0 Å². The first-order valence-electron chi connectivity index (χ1n) is 15.9. The molecule has 2 N–H and O–H groups in total. The van der Waals surface area contributed by atoms with Gasteiger partial charge in [0.2, 0.25) is 5.91 Å². The lowest BCUT2D eigenvalue weighted by Crippen LogP contribution is -2.28. The predicted molar refractivity (Wildman–Crippen MR) is 171 cm³/mol. The fourth-order valence-electron chi connectivity index (χ4n) is 4.18. The van der Waals surface area contributed by atoms with Crippen LogP contribution in [0.3, 0.4) is 0 Å². The van der Waals surface area contributed by atoms with E-state index in [1.807, 2.05) is 12.2 Å². The van der Waals surface area contributed by atoms with E-state index < -0.39 is 5.97 Å². The molecule has 1 atom stereocenters. The van der Waals surface area contributed by atoms with E-state index in [2.05, 4.69) is 67.8 Å². The number of aliphatic carboxylic acids is 1. The van der Waals surface area contributed by atoms with Crippen LogP contribution in [0, 0.1) is 0 Å². The minimum atomic E-state index is -1.03. The average Bonchev–Trinajstić information content (AvgIpc) is 2.95. The molecule has 0 bridgehead atoms. The van der Waals surface area contributed by atoms with Crippen LogP contribution < -0.4 is 5.32 Å². The van der Waals surface area contributed by atoms with Gasteiger partial charge in [-0.1, -0.05) is 113 Å². The van der Waals surface area contributed by atoms with E-state index in [0.29, 0.717) is 12.8 Å². The minimum absolute atomic E-state index is 0.0503. The van der Waals surface area contributed by atoms with Crippen LogP contribution in [0.25, 0.3) is 0 Å². The Labute approximate surface area is 250 Å². The molecule has 0 aromatic heterocycles. The molecule has 0 fully saturated rings. The van der Waals surface area contributed by atoms with Crippen molar-refractivity contribution in [3.05, 3.63) is 60.8 Å². The zero-order valence-electron chi connectivity index (χ0n) is 25.9. The second-order valence-electron chi connectivity index (χ2n) is 10.4. The number of carbonyl (C=O) groups excluding carboxylic acids is 2. The first kappa shape index (κ1) is 38.1. The van der Waals surface area contributed by atoms with Gasteiger partial charge < -0.3 is 15.2 Å². The zero-order chi connectivity index (χ0) is 30.2. The standard InChI is InChI=1S/C35H57NO5/c1-3-5-7-9-10-11-12-13-14-15-16-17-18-20-26-30-35(40)41-32(27-23-19-8-6-4-2)28-24-21-22-25-29-33(37)36-31-34(38)39/h5,7,10-11,13-14,16-17,20,26,32H,3-4,6,8-9,12,15,18-19,21-25,27-31H2,1-2H3,(H,36,37)(H,38,39)/b7-5-,11-10-,14-13-,17-16-,26-20-. The molecule has 0 saturated carbocycles. The van der Waals surface area contributed by atoms with Crippen LogP contribution >= 0.6 is 0 Å². The summed E-state index contributed by atoms with van der Waals surface area (Å²) in [5.74, 6) is -1.42. The van der Waals surface area contributed by atoms with E-state index in [1.54, 1.807) is 0 Å². The maximum absolute atomic E-state index is 12.4. The van der Waals surface area contributed by atoms with Gasteiger partial charge in [-0.05, 0) is 64.2 Å². The van der Waals surface area contributed by atoms with Crippen LogP contribution in [0.2, 0.25) is 0 Å². The third kappa shape index (κ3) is 29.9. The number of amides is 1. The van der Waals surface area contributed by atoms with Crippen molar-refractivity contribution in [3.8, 4) is 0 Å². The molecule has 0 aliphatic heterocycles. The van der Waals surface area contributed by atoms with Gasteiger partial charge in [-0.3, -0.25) is 14.4 Å². The summed E-state index contributed by atoms with van der Waals surface area (Å²) in [7, 11) is 0. The van der Waals surface area contributed by atoms with Gasteiger partial charge in [0.1, 0.15) is 12.6 Å². The van der Waals surface area contributed by atoms with Crippen molar-refractivity contribution in [2.45, 2.75) is 136 Å². The fraction of sp³-hybridized carbons (Fsp3) is 0.629. The Morgan fingerprint density at radius 2 is 1.15 bits per heavy atom. The number of unbranched alkanes of at least 4 members (excludes halogenated alkanes) is 7. The highest BCUT2D eigenvalue weighted by Gasteiger charge is 2.13. The molecule has 6 nitrogen and oxygen atoms in total. The van der Waals surface area contributed by atoms with Gasteiger partial charge in [0.25, 0.3) is 0 Å². The van der Waals surface area contributed by atoms with Crippen LogP contribution in [-0.2, 0) is 19.1 Å². The number of carbonyl (C=O) groups is 3. The second kappa shape index (κ2) is 30.1. The molecule has 0 spiro atoms. The molecular weight excluding hydrogens is 514 g/mol. The number of rotatable bonds is 27. The summed E-state index contributed by atoms with van der Waals surface area (Å²) < 4.78 is 5.83. The highest BCUT2D eigenvalue weighted by Crippen LogP contribution is 2.17. The van der Waals surface area contributed by atoms with Crippen molar-refractivity contribution >= 4 is 17.8 Å². The molecule has 232 valence electrons. The molecule has 41 heavy (non-hydrogen) atoms. The number of esters is 1. The zero-order valence-corrected chi connectivity index (χ0v) is 25.9. The molecule has 0 saturated heterocycles. The lowest BCUT2D eigenvalue weighted by Gasteiger charge is -2.18. The van der Waals surface area contributed by atoms with Gasteiger partial charge in [0, 0.05) is 6.42 Å². The number of carboxylic acids is 1. The highest BCUT2D eigenvalue weighted by molar-refractivity contribution is 5.80. The van der Waals surface area contributed by atoms with Crippen LogP contribution in [0.4, 0.5) is 0 Å². The van der Waals surface area contributed by atoms with Crippen molar-refractivity contribution < 1.29 is 24.2 Å². The number of carboxylic acid groups (broad SMARTS) is 1. The van der Waals surface area contributed by atoms with E-state index in [4.69, 9.17) is 9.84 Å². The van der Waals surface area contributed by atoms with Crippen molar-refractivity contribution in [1.82, 2.24) is 5.32 Å². The highest BCUT2D eigenvalue weighted by atomic mass is 16.5. The molecule has 0 aromatic carbocycles. The lowest BCUT2D eigenvalue weighted by atomic mass is 10.0. The van der Waals surface area contributed by atoms with E-state index in [9.17, 15) is 14.4 Å². The molecule has 0 rings (SSSR count). The van der Waals surface area contributed by atoms with Crippen molar-refractivity contribution in [3.63, 3.8) is 0 Å². The molecule has 1 unspecified atom stereocenters. The lowest BCUT2D eigenvalue weighted by molar-refractivity contribution is -0.148. The van der Waals surface area contributed by atoms with Crippen molar-refractivity contribution in [2.24, 2.45) is 0 Å². The van der Waals surface area contributed by atoms with Gasteiger partial charge in [-0.15, -0.1) is 0 Å². The summed E-state index contributed by atoms with van der Waals surface area (Å²) in [5.41, 5.74) is 0. The predicted octanol–water partition coefficient (Wildman–Crippen LogP) is 8.94. The van der Waals surface area contributed by atoms with Crippen molar-refractivity contribution in [1.29, 1.82) is 0 Å². The third-order valence-electron chi connectivity index (χ3n) is 6.49. The summed E-state index contributed by atoms with van der Waals surface area (Å²) in [5, 5.41) is 11.0. The minimum Gasteiger partial charge on any atom is -0.480 e. The van der Waals surface area contributed by atoms with Gasteiger partial charge in [-0.25, -0.2) is 0 Å². The van der Waals surface area contributed by atoms with Crippen LogP contribution in [0.5, 0.6) is 0 Å². The Morgan fingerprint density at radius 3 is 1.66 bits per heavy atom. The van der Waals surface area contributed by atoms with Crippen molar-refractivity contribution in [2.75, 3.05) is 6.54 Å². The van der Waals surface area contributed by atoms with Crippen LogP contribution in [-0.4, -0.2) is 35.6 Å². The van der Waals surface area contributed by atoms with E-state index in [0.717, 1.165) is 77.0 Å². The summed E-state index contributed by atoms with van der Waals surface area (Å²) in [6, 6.07) is 0. The quantitative estimate of drug-likeness (QED) is 0.0583.